The van der Waals surface area contributed by atoms with E-state index in [2.05, 4.69) is 4.98 Å². The minimum Gasteiger partial charge on any atom is -0.386 e. The fourth-order valence-corrected chi connectivity index (χ4v) is 1.94. The van der Waals surface area contributed by atoms with Gasteiger partial charge in [-0.05, 0) is 25.0 Å². The van der Waals surface area contributed by atoms with Crippen LogP contribution in [-0.2, 0) is 4.79 Å². The fraction of sp³-hybridized carbons (Fsp3) is 0.500. The lowest BCUT2D eigenvalue weighted by atomic mass is 10.1. The van der Waals surface area contributed by atoms with Crippen molar-refractivity contribution in [3.63, 3.8) is 0 Å². The highest BCUT2D eigenvalue weighted by Crippen LogP contribution is 2.17. The zero-order valence-corrected chi connectivity index (χ0v) is 9.17. The van der Waals surface area contributed by atoms with Crippen molar-refractivity contribution in [3.8, 4) is 0 Å². The fourth-order valence-electron chi connectivity index (χ4n) is 1.94. The maximum Gasteiger partial charge on any atom is 0.225 e. The minimum atomic E-state index is -0.783. The van der Waals surface area contributed by atoms with Gasteiger partial charge in [0.15, 0.2) is 0 Å². The first-order valence-electron chi connectivity index (χ1n) is 5.64. The van der Waals surface area contributed by atoms with Crippen molar-refractivity contribution in [2.24, 2.45) is 0 Å². The van der Waals surface area contributed by atoms with Gasteiger partial charge in [0.1, 0.15) is 6.10 Å². The van der Waals surface area contributed by atoms with E-state index in [1.54, 1.807) is 18.3 Å². The molecule has 0 bridgehead atoms. The molecule has 0 aromatic carbocycles. The quantitative estimate of drug-likeness (QED) is 0.830. The van der Waals surface area contributed by atoms with Crippen LogP contribution in [0.25, 0.3) is 0 Å². The van der Waals surface area contributed by atoms with Crippen molar-refractivity contribution < 1.29 is 9.90 Å². The summed E-state index contributed by atoms with van der Waals surface area (Å²) in [5.74, 6) is 0.0238. The van der Waals surface area contributed by atoms with Crippen LogP contribution in [0.3, 0.4) is 0 Å². The molecule has 1 saturated heterocycles. The second kappa shape index (κ2) is 5.07. The third kappa shape index (κ3) is 2.58. The summed E-state index contributed by atoms with van der Waals surface area (Å²) in [6, 6.07) is 5.34. The smallest absolute Gasteiger partial charge is 0.225 e. The molecular weight excluding hydrogens is 204 g/mol. The lowest BCUT2D eigenvalue weighted by Gasteiger charge is -2.17. The zero-order valence-electron chi connectivity index (χ0n) is 9.17. The van der Waals surface area contributed by atoms with Gasteiger partial charge in [-0.15, -0.1) is 0 Å². The molecule has 1 N–H and O–H groups in total. The number of aliphatic hydroxyl groups excluding tert-OH is 1. The summed E-state index contributed by atoms with van der Waals surface area (Å²) in [5, 5.41) is 9.84. The van der Waals surface area contributed by atoms with Gasteiger partial charge in [0.2, 0.25) is 5.91 Å². The van der Waals surface area contributed by atoms with Gasteiger partial charge in [-0.3, -0.25) is 9.78 Å². The third-order valence-corrected chi connectivity index (χ3v) is 2.86. The Bertz CT molecular complexity index is 347. The Kier molecular flexibility index (Phi) is 3.51. The molecule has 1 amide bonds. The highest BCUT2D eigenvalue weighted by atomic mass is 16.3. The molecule has 4 nitrogen and oxygen atoms in total. The number of hydrogen-bond donors (Lipinski definition) is 1. The molecule has 2 rings (SSSR count). The topological polar surface area (TPSA) is 53.4 Å². The molecule has 0 aliphatic carbocycles. The first-order chi connectivity index (χ1) is 7.77. The van der Waals surface area contributed by atoms with Crippen molar-refractivity contribution in [1.29, 1.82) is 0 Å². The summed E-state index contributed by atoms with van der Waals surface area (Å²) in [6.45, 7) is 1.65. The molecule has 2 heterocycles. The molecule has 16 heavy (non-hydrogen) atoms. The highest BCUT2D eigenvalue weighted by molar-refractivity contribution is 5.77. The van der Waals surface area contributed by atoms with E-state index < -0.39 is 6.10 Å². The van der Waals surface area contributed by atoms with Gasteiger partial charge < -0.3 is 10.0 Å². The van der Waals surface area contributed by atoms with E-state index in [1.807, 2.05) is 11.0 Å². The standard InChI is InChI=1S/C12H16N2O2/c15-11(10-5-1-2-6-13-10)9-12(16)14-7-3-4-8-14/h1-2,5-6,11,15H,3-4,7-9H2/t11-/m1/s1. The van der Waals surface area contributed by atoms with E-state index >= 15 is 0 Å². The first kappa shape index (κ1) is 11.1. The summed E-state index contributed by atoms with van der Waals surface area (Å²) in [4.78, 5) is 17.6. The zero-order chi connectivity index (χ0) is 11.4. The highest BCUT2D eigenvalue weighted by Gasteiger charge is 2.21. The van der Waals surface area contributed by atoms with Crippen molar-refractivity contribution in [2.75, 3.05) is 13.1 Å². The van der Waals surface area contributed by atoms with E-state index in [1.165, 1.54) is 0 Å². The number of rotatable bonds is 3. The summed E-state index contributed by atoms with van der Waals surface area (Å²) >= 11 is 0. The van der Waals surface area contributed by atoms with Crippen LogP contribution < -0.4 is 0 Å². The van der Waals surface area contributed by atoms with Crippen molar-refractivity contribution in [3.05, 3.63) is 30.1 Å². The van der Waals surface area contributed by atoms with Crippen LogP contribution in [-0.4, -0.2) is 34.0 Å². The third-order valence-electron chi connectivity index (χ3n) is 2.86. The summed E-state index contributed by atoms with van der Waals surface area (Å²) in [6.07, 6.45) is 3.13. The molecular formula is C12H16N2O2. The predicted molar refractivity (Wildman–Crippen MR) is 59.6 cm³/mol. The normalized spacial score (nSPS) is 17.4. The molecule has 1 fully saturated rings. The van der Waals surface area contributed by atoms with Gasteiger partial charge in [-0.1, -0.05) is 6.07 Å². The van der Waals surface area contributed by atoms with Gasteiger partial charge >= 0.3 is 0 Å². The maximum atomic E-state index is 11.8. The Morgan fingerprint density at radius 2 is 2.19 bits per heavy atom. The SMILES string of the molecule is O=C(C[C@@H](O)c1ccccn1)N1CCCC1. The van der Waals surface area contributed by atoms with E-state index in [9.17, 15) is 9.90 Å². The van der Waals surface area contributed by atoms with E-state index in [0.29, 0.717) is 5.69 Å². The molecule has 4 heteroatoms. The summed E-state index contributed by atoms with van der Waals surface area (Å²) in [7, 11) is 0. The van der Waals surface area contributed by atoms with Crippen molar-refractivity contribution in [1.82, 2.24) is 9.88 Å². The monoisotopic (exact) mass is 220 g/mol. The van der Waals surface area contributed by atoms with Crippen LogP contribution in [0.4, 0.5) is 0 Å². The maximum absolute atomic E-state index is 11.8. The van der Waals surface area contributed by atoms with Gasteiger partial charge in [-0.25, -0.2) is 0 Å². The number of carbonyl (C=O) groups excluding carboxylic acids is 1. The molecule has 0 radical (unpaired) electrons. The molecule has 0 unspecified atom stereocenters. The number of nitrogens with zero attached hydrogens (tertiary/aromatic N) is 2. The second-order valence-electron chi connectivity index (χ2n) is 4.06. The Labute approximate surface area is 94.9 Å². The van der Waals surface area contributed by atoms with E-state index in [-0.39, 0.29) is 12.3 Å². The average molecular weight is 220 g/mol. The van der Waals surface area contributed by atoms with Crippen LogP contribution >= 0.6 is 0 Å². The van der Waals surface area contributed by atoms with Gasteiger partial charge in [0.25, 0.3) is 0 Å². The largest absolute Gasteiger partial charge is 0.386 e. The van der Waals surface area contributed by atoms with Crippen LogP contribution in [0, 0.1) is 0 Å². The van der Waals surface area contributed by atoms with Crippen LogP contribution in [0.15, 0.2) is 24.4 Å². The number of aliphatic hydroxyl groups is 1. The van der Waals surface area contributed by atoms with Crippen molar-refractivity contribution >= 4 is 5.91 Å². The Morgan fingerprint density at radius 1 is 1.44 bits per heavy atom. The van der Waals surface area contributed by atoms with E-state index in [0.717, 1.165) is 25.9 Å². The predicted octanol–water partition coefficient (Wildman–Crippen LogP) is 1.13. The van der Waals surface area contributed by atoms with Crippen LogP contribution in [0.2, 0.25) is 0 Å². The first-order valence-corrected chi connectivity index (χ1v) is 5.64. The lowest BCUT2D eigenvalue weighted by Crippen LogP contribution is -2.29. The summed E-state index contributed by atoms with van der Waals surface area (Å²) in [5.41, 5.74) is 0.565. The number of carbonyl (C=O) groups is 1. The van der Waals surface area contributed by atoms with Gasteiger partial charge in [0.05, 0.1) is 12.1 Å². The Hall–Kier alpha value is -1.42. The summed E-state index contributed by atoms with van der Waals surface area (Å²) < 4.78 is 0. The number of likely N-dealkylation sites (tertiary alicyclic amines) is 1. The van der Waals surface area contributed by atoms with Crippen LogP contribution in [0.5, 0.6) is 0 Å². The number of aromatic nitrogens is 1. The molecule has 1 aromatic heterocycles. The van der Waals surface area contributed by atoms with Crippen LogP contribution in [0.1, 0.15) is 31.1 Å². The minimum absolute atomic E-state index is 0.0238. The van der Waals surface area contributed by atoms with Crippen molar-refractivity contribution in [2.45, 2.75) is 25.4 Å². The molecule has 1 aromatic rings. The van der Waals surface area contributed by atoms with E-state index in [4.69, 9.17) is 0 Å². The lowest BCUT2D eigenvalue weighted by molar-refractivity contribution is -0.132. The Balaban J connectivity index is 1.92. The molecule has 0 saturated carbocycles. The average Bonchev–Trinajstić information content (AvgIpc) is 2.83. The number of pyridine rings is 1. The molecule has 0 spiro atoms. The molecule has 1 aliphatic heterocycles. The Morgan fingerprint density at radius 3 is 2.81 bits per heavy atom. The van der Waals surface area contributed by atoms with Gasteiger partial charge in [-0.2, -0.15) is 0 Å². The molecule has 1 atom stereocenters. The second-order valence-corrected chi connectivity index (χ2v) is 4.06. The number of amides is 1. The molecule has 1 aliphatic rings. The molecule has 86 valence electrons. The number of hydrogen-bond acceptors (Lipinski definition) is 3. The van der Waals surface area contributed by atoms with Gasteiger partial charge in [0, 0.05) is 19.3 Å².